The number of nitrogens with one attached hydrogen (secondary N) is 1. The van der Waals surface area contributed by atoms with E-state index in [9.17, 15) is 4.79 Å². The summed E-state index contributed by atoms with van der Waals surface area (Å²) in [5.41, 5.74) is 7.54. The van der Waals surface area contributed by atoms with Crippen LogP contribution in [0.25, 0.3) is 0 Å². The predicted molar refractivity (Wildman–Crippen MR) is 87.7 cm³/mol. The monoisotopic (exact) mass is 302 g/mol. The molecule has 4 heteroatoms. The van der Waals surface area contributed by atoms with Crippen LogP contribution in [0.3, 0.4) is 0 Å². The van der Waals surface area contributed by atoms with Gasteiger partial charge >= 0.3 is 0 Å². The number of hydrogen-bond acceptors (Lipinski definition) is 2. The van der Waals surface area contributed by atoms with Crippen molar-refractivity contribution < 1.29 is 4.79 Å². The van der Waals surface area contributed by atoms with E-state index in [1.54, 1.807) is 18.2 Å². The highest BCUT2D eigenvalue weighted by atomic mass is 35.5. The van der Waals surface area contributed by atoms with Crippen LogP contribution in [0.1, 0.15) is 29.8 Å². The first kappa shape index (κ1) is 15.4. The van der Waals surface area contributed by atoms with Crippen molar-refractivity contribution in [3.05, 3.63) is 64.7 Å². The van der Waals surface area contributed by atoms with Crippen molar-refractivity contribution in [2.24, 2.45) is 0 Å². The van der Waals surface area contributed by atoms with Crippen LogP contribution in [0, 0.1) is 0 Å². The minimum absolute atomic E-state index is 0.174. The number of benzene rings is 2. The topological polar surface area (TPSA) is 55.1 Å². The van der Waals surface area contributed by atoms with Crippen molar-refractivity contribution in [3.8, 4) is 0 Å². The summed E-state index contributed by atoms with van der Waals surface area (Å²) in [5, 5.41) is 3.28. The second-order valence-corrected chi connectivity index (χ2v) is 6.04. The third-order valence-electron chi connectivity index (χ3n) is 3.52. The number of nitrogens with two attached hydrogens (primary N) is 1. The lowest BCUT2D eigenvalue weighted by molar-refractivity contribution is 0.0946. The normalized spacial score (nSPS) is 11.2. The summed E-state index contributed by atoms with van der Waals surface area (Å²) in [6.07, 6.45) is 0. The molecule has 0 heterocycles. The first-order valence-corrected chi connectivity index (χ1v) is 7.17. The lowest BCUT2D eigenvalue weighted by Gasteiger charge is -2.26. The van der Waals surface area contributed by atoms with Gasteiger partial charge in [0.15, 0.2) is 0 Å². The maximum Gasteiger partial charge on any atom is 0.254 e. The zero-order valence-electron chi connectivity index (χ0n) is 12.2. The van der Waals surface area contributed by atoms with Gasteiger partial charge in [0.2, 0.25) is 0 Å². The van der Waals surface area contributed by atoms with Crippen molar-refractivity contribution in [3.63, 3.8) is 0 Å². The van der Waals surface area contributed by atoms with Crippen LogP contribution < -0.4 is 11.1 Å². The smallest absolute Gasteiger partial charge is 0.254 e. The molecule has 3 nitrogen and oxygen atoms in total. The lowest BCUT2D eigenvalue weighted by Crippen LogP contribution is -2.37. The third kappa shape index (κ3) is 3.56. The highest BCUT2D eigenvalue weighted by molar-refractivity contribution is 6.34. The molecule has 2 aromatic carbocycles. The molecule has 0 aliphatic rings. The predicted octanol–water partition coefficient (Wildman–Crippen LogP) is 3.63. The molecule has 0 radical (unpaired) electrons. The van der Waals surface area contributed by atoms with Gasteiger partial charge in [-0.15, -0.1) is 0 Å². The first-order chi connectivity index (χ1) is 9.92. The van der Waals surface area contributed by atoms with E-state index in [0.717, 1.165) is 5.56 Å². The number of rotatable bonds is 4. The minimum Gasteiger partial charge on any atom is -0.398 e. The SMILES string of the molecule is CC(C)(CNC(=O)c1c(N)cccc1Cl)c1ccccc1. The fourth-order valence-corrected chi connectivity index (χ4v) is 2.43. The number of amides is 1. The highest BCUT2D eigenvalue weighted by Gasteiger charge is 2.22. The molecule has 0 saturated heterocycles. The molecule has 21 heavy (non-hydrogen) atoms. The van der Waals surface area contributed by atoms with Gasteiger partial charge in [-0.3, -0.25) is 4.79 Å². The molecule has 0 fully saturated rings. The highest BCUT2D eigenvalue weighted by Crippen LogP contribution is 2.24. The van der Waals surface area contributed by atoms with Crippen LogP contribution in [0.4, 0.5) is 5.69 Å². The Kier molecular flexibility index (Phi) is 4.53. The van der Waals surface area contributed by atoms with Gasteiger partial charge in [-0.25, -0.2) is 0 Å². The van der Waals surface area contributed by atoms with Crippen LogP contribution in [0.5, 0.6) is 0 Å². The largest absolute Gasteiger partial charge is 0.398 e. The average Bonchev–Trinajstić information content (AvgIpc) is 2.46. The van der Waals surface area contributed by atoms with Gasteiger partial charge in [-0.2, -0.15) is 0 Å². The van der Waals surface area contributed by atoms with Crippen LogP contribution >= 0.6 is 11.6 Å². The zero-order chi connectivity index (χ0) is 15.5. The number of anilines is 1. The molecular formula is C17H19ClN2O. The lowest BCUT2D eigenvalue weighted by atomic mass is 9.84. The summed E-state index contributed by atoms with van der Waals surface area (Å²) in [7, 11) is 0. The van der Waals surface area contributed by atoms with E-state index in [4.69, 9.17) is 17.3 Å². The van der Waals surface area contributed by atoms with Crippen molar-refractivity contribution in [2.75, 3.05) is 12.3 Å². The maximum atomic E-state index is 12.3. The summed E-state index contributed by atoms with van der Waals surface area (Å²) in [6.45, 7) is 4.66. The molecule has 0 unspecified atom stereocenters. The van der Waals surface area contributed by atoms with E-state index in [0.29, 0.717) is 22.8 Å². The minimum atomic E-state index is -0.248. The fourth-order valence-electron chi connectivity index (χ4n) is 2.16. The molecular weight excluding hydrogens is 284 g/mol. The van der Waals surface area contributed by atoms with E-state index < -0.39 is 0 Å². The van der Waals surface area contributed by atoms with Crippen molar-refractivity contribution in [1.29, 1.82) is 0 Å². The third-order valence-corrected chi connectivity index (χ3v) is 3.83. The second-order valence-electron chi connectivity index (χ2n) is 5.64. The Labute approximate surface area is 130 Å². The zero-order valence-corrected chi connectivity index (χ0v) is 12.9. The Morgan fingerprint density at radius 1 is 1.14 bits per heavy atom. The van der Waals surface area contributed by atoms with E-state index in [2.05, 4.69) is 31.3 Å². The molecule has 2 aromatic rings. The number of halogens is 1. The van der Waals surface area contributed by atoms with Crippen LogP contribution in [0.15, 0.2) is 48.5 Å². The van der Waals surface area contributed by atoms with Crippen LogP contribution in [-0.4, -0.2) is 12.5 Å². The number of hydrogen-bond donors (Lipinski definition) is 2. The molecule has 2 rings (SSSR count). The summed E-state index contributed by atoms with van der Waals surface area (Å²) >= 11 is 6.05. The van der Waals surface area contributed by atoms with Gasteiger partial charge in [0.05, 0.1) is 10.6 Å². The quantitative estimate of drug-likeness (QED) is 0.847. The Hall–Kier alpha value is -2.00. The molecule has 0 bridgehead atoms. The average molecular weight is 303 g/mol. The molecule has 0 aliphatic heterocycles. The molecule has 0 saturated carbocycles. The number of nitrogen functional groups attached to an aromatic ring is 1. The molecule has 0 aromatic heterocycles. The standard InChI is InChI=1S/C17H19ClN2O/c1-17(2,12-7-4-3-5-8-12)11-20-16(21)15-13(18)9-6-10-14(15)19/h3-10H,11,19H2,1-2H3,(H,20,21). The van der Waals surface area contributed by atoms with E-state index in [1.807, 2.05) is 18.2 Å². The van der Waals surface area contributed by atoms with Gasteiger partial charge in [-0.1, -0.05) is 61.8 Å². The van der Waals surface area contributed by atoms with Crippen molar-refractivity contribution in [2.45, 2.75) is 19.3 Å². The van der Waals surface area contributed by atoms with Gasteiger partial charge in [0.25, 0.3) is 5.91 Å². The fraction of sp³-hybridized carbons (Fsp3) is 0.235. The first-order valence-electron chi connectivity index (χ1n) is 6.79. The molecule has 0 spiro atoms. The van der Waals surface area contributed by atoms with Gasteiger partial charge in [0, 0.05) is 17.6 Å². The van der Waals surface area contributed by atoms with Crippen molar-refractivity contribution >= 4 is 23.2 Å². The van der Waals surface area contributed by atoms with Crippen LogP contribution in [0.2, 0.25) is 5.02 Å². The Balaban J connectivity index is 2.11. The van der Waals surface area contributed by atoms with Gasteiger partial charge < -0.3 is 11.1 Å². The van der Waals surface area contributed by atoms with E-state index in [1.165, 1.54) is 0 Å². The Morgan fingerprint density at radius 2 is 1.81 bits per heavy atom. The molecule has 0 aliphatic carbocycles. The summed E-state index contributed by atoms with van der Waals surface area (Å²) in [6, 6.07) is 15.1. The van der Waals surface area contributed by atoms with E-state index >= 15 is 0 Å². The van der Waals surface area contributed by atoms with Crippen LogP contribution in [-0.2, 0) is 5.41 Å². The Morgan fingerprint density at radius 3 is 2.43 bits per heavy atom. The molecule has 110 valence electrons. The van der Waals surface area contributed by atoms with E-state index in [-0.39, 0.29) is 11.3 Å². The van der Waals surface area contributed by atoms with Gasteiger partial charge in [-0.05, 0) is 17.7 Å². The Bertz CT molecular complexity index is 618. The maximum absolute atomic E-state index is 12.3. The van der Waals surface area contributed by atoms with Crippen molar-refractivity contribution in [1.82, 2.24) is 5.32 Å². The number of carbonyl (C=O) groups is 1. The van der Waals surface area contributed by atoms with Gasteiger partial charge in [0.1, 0.15) is 0 Å². The molecule has 1 amide bonds. The second kappa shape index (κ2) is 6.19. The summed E-state index contributed by atoms with van der Waals surface area (Å²) in [4.78, 5) is 12.3. The number of carbonyl (C=O) groups excluding carboxylic acids is 1. The summed E-state index contributed by atoms with van der Waals surface area (Å²) < 4.78 is 0. The summed E-state index contributed by atoms with van der Waals surface area (Å²) in [5.74, 6) is -0.248. The molecule has 0 atom stereocenters. The molecule has 3 N–H and O–H groups in total.